The summed E-state index contributed by atoms with van der Waals surface area (Å²) in [6, 6.07) is 0.400. The second-order valence-corrected chi connectivity index (χ2v) is 3.84. The van der Waals surface area contributed by atoms with Crippen molar-refractivity contribution < 1.29 is 9.84 Å². The third-order valence-electron chi connectivity index (χ3n) is 2.62. The van der Waals surface area contributed by atoms with E-state index in [1.54, 1.807) is 0 Å². The number of ether oxygens (including phenoxy) is 1. The van der Waals surface area contributed by atoms with Gasteiger partial charge < -0.3 is 15.6 Å². The van der Waals surface area contributed by atoms with Crippen LogP contribution in [0.3, 0.4) is 0 Å². The average molecular weight is 187 g/mol. The van der Waals surface area contributed by atoms with Crippen LogP contribution in [0.5, 0.6) is 0 Å². The van der Waals surface area contributed by atoms with Crippen molar-refractivity contribution in [1.82, 2.24) is 0 Å². The molecule has 0 aromatic heterocycles. The van der Waals surface area contributed by atoms with Gasteiger partial charge in [-0.1, -0.05) is 0 Å². The molecule has 0 bridgehead atoms. The standard InChI is InChI=1S/C10H21NO2/c11-9-3-5-10(6-4-9)13-8-2-1-7-12/h9-10,12H,1-8,11H2. The Morgan fingerprint density at radius 2 is 1.85 bits per heavy atom. The summed E-state index contributed by atoms with van der Waals surface area (Å²) in [7, 11) is 0. The molecule has 0 spiro atoms. The van der Waals surface area contributed by atoms with Crippen molar-refractivity contribution in [3.8, 4) is 0 Å². The lowest BCUT2D eigenvalue weighted by atomic mass is 9.94. The zero-order valence-electron chi connectivity index (χ0n) is 8.24. The smallest absolute Gasteiger partial charge is 0.0576 e. The van der Waals surface area contributed by atoms with E-state index in [0.29, 0.717) is 12.1 Å². The van der Waals surface area contributed by atoms with Crippen molar-refractivity contribution in [3.05, 3.63) is 0 Å². The van der Waals surface area contributed by atoms with Crippen LogP contribution in [0, 0.1) is 0 Å². The van der Waals surface area contributed by atoms with Crippen molar-refractivity contribution in [2.75, 3.05) is 13.2 Å². The summed E-state index contributed by atoms with van der Waals surface area (Å²) in [6.07, 6.45) is 6.68. The van der Waals surface area contributed by atoms with Crippen LogP contribution in [0.2, 0.25) is 0 Å². The second-order valence-electron chi connectivity index (χ2n) is 3.84. The van der Waals surface area contributed by atoms with E-state index < -0.39 is 0 Å². The molecule has 3 heteroatoms. The van der Waals surface area contributed by atoms with Crippen molar-refractivity contribution >= 4 is 0 Å². The summed E-state index contributed by atoms with van der Waals surface area (Å²) in [5, 5.41) is 8.57. The number of hydrogen-bond donors (Lipinski definition) is 2. The van der Waals surface area contributed by atoms with E-state index in [1.807, 2.05) is 0 Å². The lowest BCUT2D eigenvalue weighted by molar-refractivity contribution is 0.0218. The highest BCUT2D eigenvalue weighted by Crippen LogP contribution is 2.19. The number of hydrogen-bond acceptors (Lipinski definition) is 3. The first-order chi connectivity index (χ1) is 6.33. The molecule has 3 nitrogen and oxygen atoms in total. The third kappa shape index (κ3) is 4.60. The Morgan fingerprint density at radius 1 is 1.15 bits per heavy atom. The predicted molar refractivity (Wildman–Crippen MR) is 52.5 cm³/mol. The maximum Gasteiger partial charge on any atom is 0.0576 e. The molecule has 1 fully saturated rings. The number of aliphatic hydroxyl groups excluding tert-OH is 1. The van der Waals surface area contributed by atoms with E-state index in [0.717, 1.165) is 45.1 Å². The zero-order chi connectivity index (χ0) is 9.52. The molecule has 0 amide bonds. The number of aliphatic hydroxyl groups is 1. The van der Waals surface area contributed by atoms with Gasteiger partial charge in [0.05, 0.1) is 6.10 Å². The minimum atomic E-state index is 0.277. The maximum atomic E-state index is 8.57. The maximum absolute atomic E-state index is 8.57. The van der Waals surface area contributed by atoms with Crippen LogP contribution in [0.15, 0.2) is 0 Å². The van der Waals surface area contributed by atoms with Gasteiger partial charge in [0.25, 0.3) is 0 Å². The Hall–Kier alpha value is -0.120. The summed E-state index contributed by atoms with van der Waals surface area (Å²) in [4.78, 5) is 0. The highest BCUT2D eigenvalue weighted by atomic mass is 16.5. The van der Waals surface area contributed by atoms with E-state index in [1.165, 1.54) is 0 Å². The minimum absolute atomic E-state index is 0.277. The Bertz CT molecular complexity index is 122. The SMILES string of the molecule is NC1CCC(OCCCCO)CC1. The molecule has 0 aromatic rings. The topological polar surface area (TPSA) is 55.5 Å². The summed E-state index contributed by atoms with van der Waals surface area (Å²) in [5.41, 5.74) is 5.78. The Kier molecular flexibility index (Phi) is 5.35. The molecule has 0 aromatic carbocycles. The zero-order valence-corrected chi connectivity index (χ0v) is 8.24. The molecule has 0 atom stereocenters. The highest BCUT2D eigenvalue weighted by molar-refractivity contribution is 4.74. The molecular formula is C10H21NO2. The van der Waals surface area contributed by atoms with Gasteiger partial charge in [-0.2, -0.15) is 0 Å². The Morgan fingerprint density at radius 3 is 2.46 bits per heavy atom. The van der Waals surface area contributed by atoms with Gasteiger partial charge in [-0.25, -0.2) is 0 Å². The van der Waals surface area contributed by atoms with Crippen molar-refractivity contribution in [3.63, 3.8) is 0 Å². The fourth-order valence-electron chi connectivity index (χ4n) is 1.72. The van der Waals surface area contributed by atoms with Crippen LogP contribution in [0.4, 0.5) is 0 Å². The summed E-state index contributed by atoms with van der Waals surface area (Å²) in [6.45, 7) is 1.07. The molecule has 1 saturated carbocycles. The molecule has 0 heterocycles. The second kappa shape index (κ2) is 6.35. The first kappa shape index (κ1) is 11.0. The number of unbranched alkanes of at least 4 members (excludes halogenated alkanes) is 1. The van der Waals surface area contributed by atoms with Gasteiger partial charge >= 0.3 is 0 Å². The van der Waals surface area contributed by atoms with Crippen molar-refractivity contribution in [2.24, 2.45) is 5.73 Å². The highest BCUT2D eigenvalue weighted by Gasteiger charge is 2.18. The lowest BCUT2D eigenvalue weighted by Gasteiger charge is -2.26. The quantitative estimate of drug-likeness (QED) is 0.632. The fraction of sp³-hybridized carbons (Fsp3) is 1.00. The van der Waals surface area contributed by atoms with Crippen LogP contribution >= 0.6 is 0 Å². The fourth-order valence-corrected chi connectivity index (χ4v) is 1.72. The first-order valence-electron chi connectivity index (χ1n) is 5.31. The molecule has 3 N–H and O–H groups in total. The predicted octanol–water partition coefficient (Wildman–Crippen LogP) is 1.05. The summed E-state index contributed by atoms with van der Waals surface area (Å²) >= 11 is 0. The summed E-state index contributed by atoms with van der Waals surface area (Å²) < 4.78 is 5.67. The molecule has 1 rings (SSSR count). The largest absolute Gasteiger partial charge is 0.396 e. The molecule has 0 unspecified atom stereocenters. The molecule has 1 aliphatic carbocycles. The Labute approximate surface area is 80.3 Å². The van der Waals surface area contributed by atoms with Crippen molar-refractivity contribution in [1.29, 1.82) is 0 Å². The monoisotopic (exact) mass is 187 g/mol. The minimum Gasteiger partial charge on any atom is -0.396 e. The van der Waals surface area contributed by atoms with Crippen LogP contribution < -0.4 is 5.73 Å². The van der Waals surface area contributed by atoms with Crippen molar-refractivity contribution in [2.45, 2.75) is 50.7 Å². The van der Waals surface area contributed by atoms with Gasteiger partial charge in [0.2, 0.25) is 0 Å². The van der Waals surface area contributed by atoms with Gasteiger partial charge in [0.15, 0.2) is 0 Å². The van der Waals surface area contributed by atoms with Crippen LogP contribution in [0.1, 0.15) is 38.5 Å². The average Bonchev–Trinajstić information content (AvgIpc) is 2.15. The first-order valence-corrected chi connectivity index (χ1v) is 5.31. The van der Waals surface area contributed by atoms with Crippen LogP contribution in [-0.4, -0.2) is 30.5 Å². The number of rotatable bonds is 5. The van der Waals surface area contributed by atoms with Gasteiger partial charge in [0, 0.05) is 19.3 Å². The van der Waals surface area contributed by atoms with Crippen LogP contribution in [0.25, 0.3) is 0 Å². The number of nitrogens with two attached hydrogens (primary N) is 1. The molecular weight excluding hydrogens is 166 g/mol. The van der Waals surface area contributed by atoms with E-state index in [2.05, 4.69) is 0 Å². The molecule has 0 saturated heterocycles. The van der Waals surface area contributed by atoms with Gasteiger partial charge in [-0.3, -0.25) is 0 Å². The molecule has 0 radical (unpaired) electrons. The van der Waals surface area contributed by atoms with E-state index in [4.69, 9.17) is 15.6 Å². The molecule has 13 heavy (non-hydrogen) atoms. The lowest BCUT2D eigenvalue weighted by Crippen LogP contribution is -2.30. The van der Waals surface area contributed by atoms with Gasteiger partial charge in [-0.05, 0) is 38.5 Å². The third-order valence-corrected chi connectivity index (χ3v) is 2.62. The van der Waals surface area contributed by atoms with E-state index in [9.17, 15) is 0 Å². The Balaban J connectivity index is 1.96. The normalized spacial score (nSPS) is 29.1. The van der Waals surface area contributed by atoms with E-state index in [-0.39, 0.29) is 6.61 Å². The summed E-state index contributed by atoms with van der Waals surface area (Å²) in [5.74, 6) is 0. The molecule has 1 aliphatic rings. The van der Waals surface area contributed by atoms with E-state index >= 15 is 0 Å². The molecule has 78 valence electrons. The van der Waals surface area contributed by atoms with Crippen LogP contribution in [-0.2, 0) is 4.74 Å². The van der Waals surface area contributed by atoms with Gasteiger partial charge in [0.1, 0.15) is 0 Å². The van der Waals surface area contributed by atoms with Gasteiger partial charge in [-0.15, -0.1) is 0 Å². The molecule has 0 aliphatic heterocycles.